The van der Waals surface area contributed by atoms with Crippen LogP contribution in [0.5, 0.6) is 5.75 Å². The van der Waals surface area contributed by atoms with E-state index in [0.29, 0.717) is 17.9 Å². The summed E-state index contributed by atoms with van der Waals surface area (Å²) < 4.78 is 19.4. The van der Waals surface area contributed by atoms with E-state index < -0.39 is 0 Å². The third-order valence-electron chi connectivity index (χ3n) is 2.98. The van der Waals surface area contributed by atoms with Crippen molar-refractivity contribution in [2.45, 2.75) is 32.6 Å². The maximum absolute atomic E-state index is 14.1. The Morgan fingerprint density at radius 3 is 2.82 bits per heavy atom. The van der Waals surface area contributed by atoms with Crippen LogP contribution in [0.1, 0.15) is 38.2 Å². The van der Waals surface area contributed by atoms with E-state index in [0.717, 1.165) is 24.8 Å². The molecule has 1 aliphatic rings. The van der Waals surface area contributed by atoms with Crippen molar-refractivity contribution >= 4 is 17.2 Å². The molecule has 0 saturated carbocycles. The Bertz CT molecular complexity index is 440. The van der Waals surface area contributed by atoms with E-state index in [1.54, 1.807) is 12.1 Å². The molecule has 0 heterocycles. The van der Waals surface area contributed by atoms with Gasteiger partial charge in [-0.1, -0.05) is 17.7 Å². The second-order valence-corrected chi connectivity index (χ2v) is 4.53. The van der Waals surface area contributed by atoms with Gasteiger partial charge in [-0.3, -0.25) is 0 Å². The molecule has 0 fully saturated rings. The summed E-state index contributed by atoms with van der Waals surface area (Å²) in [6.45, 7) is 2.34. The second-order valence-electron chi connectivity index (χ2n) is 4.15. The van der Waals surface area contributed by atoms with Crippen LogP contribution in [0.4, 0.5) is 4.39 Å². The van der Waals surface area contributed by atoms with E-state index in [1.165, 1.54) is 6.42 Å². The second kappa shape index (κ2) is 5.54. The van der Waals surface area contributed by atoms with Gasteiger partial charge in [0.1, 0.15) is 10.8 Å². The fourth-order valence-corrected chi connectivity index (χ4v) is 2.35. The number of allylic oxidation sites excluding steroid dienone is 2. The smallest absolute Gasteiger partial charge is 0.153 e. The molecule has 0 aromatic heterocycles. The third-order valence-corrected chi connectivity index (χ3v) is 3.34. The quantitative estimate of drug-likeness (QED) is 0.750. The monoisotopic (exact) mass is 254 g/mol. The number of halogens is 2. The van der Waals surface area contributed by atoms with Crippen molar-refractivity contribution in [3.8, 4) is 5.75 Å². The van der Waals surface area contributed by atoms with Gasteiger partial charge in [0, 0.05) is 5.56 Å². The number of hydrogen-bond donors (Lipinski definition) is 0. The molecular formula is C14H16ClFO. The van der Waals surface area contributed by atoms with Crippen LogP contribution in [0.15, 0.2) is 18.2 Å². The zero-order chi connectivity index (χ0) is 12.3. The molecule has 0 bridgehead atoms. The van der Waals surface area contributed by atoms with Gasteiger partial charge < -0.3 is 4.74 Å². The van der Waals surface area contributed by atoms with Crippen molar-refractivity contribution in [3.63, 3.8) is 0 Å². The number of ether oxygens (including phenoxy) is 1. The van der Waals surface area contributed by atoms with Crippen LogP contribution in [0.25, 0.3) is 5.57 Å². The summed E-state index contributed by atoms with van der Waals surface area (Å²) in [6, 6.07) is 3.52. The van der Waals surface area contributed by atoms with Crippen molar-refractivity contribution in [2.75, 3.05) is 6.61 Å². The van der Waals surface area contributed by atoms with Crippen molar-refractivity contribution in [1.82, 2.24) is 0 Å². The highest BCUT2D eigenvalue weighted by atomic mass is 35.5. The lowest BCUT2D eigenvalue weighted by Gasteiger charge is -2.15. The Kier molecular flexibility index (Phi) is 4.06. The Morgan fingerprint density at radius 1 is 1.35 bits per heavy atom. The van der Waals surface area contributed by atoms with Gasteiger partial charge in [0.15, 0.2) is 5.82 Å². The van der Waals surface area contributed by atoms with E-state index in [9.17, 15) is 4.39 Å². The molecule has 0 radical (unpaired) electrons. The Labute approximate surface area is 106 Å². The molecule has 2 rings (SSSR count). The lowest BCUT2D eigenvalue weighted by Crippen LogP contribution is -1.99. The topological polar surface area (TPSA) is 9.23 Å². The fourth-order valence-electron chi connectivity index (χ4n) is 2.13. The highest BCUT2D eigenvalue weighted by molar-refractivity contribution is 6.32. The lowest BCUT2D eigenvalue weighted by molar-refractivity contribution is 0.338. The summed E-state index contributed by atoms with van der Waals surface area (Å²) in [7, 11) is 0. The molecule has 1 aromatic carbocycles. The van der Waals surface area contributed by atoms with Gasteiger partial charge in [0.05, 0.1) is 6.61 Å². The zero-order valence-electron chi connectivity index (χ0n) is 9.93. The zero-order valence-corrected chi connectivity index (χ0v) is 10.7. The van der Waals surface area contributed by atoms with Gasteiger partial charge in [-0.05, 0) is 50.3 Å². The Hall–Kier alpha value is -1.02. The molecule has 17 heavy (non-hydrogen) atoms. The van der Waals surface area contributed by atoms with Crippen LogP contribution in [0.2, 0.25) is 5.02 Å². The standard InChI is InChI=1S/C14H16ClFO/c1-2-17-12-9-8-11(14(16)13(12)15)10-6-4-3-5-7-10/h6,8-9H,2-5,7H2,1H3. The van der Waals surface area contributed by atoms with Gasteiger partial charge >= 0.3 is 0 Å². The Morgan fingerprint density at radius 2 is 2.18 bits per heavy atom. The van der Waals surface area contributed by atoms with Crippen molar-refractivity contribution in [2.24, 2.45) is 0 Å². The molecule has 0 saturated heterocycles. The van der Waals surface area contributed by atoms with E-state index in [-0.39, 0.29) is 10.8 Å². The Balaban J connectivity index is 2.36. The predicted octanol–water partition coefficient (Wildman–Crippen LogP) is 4.84. The summed E-state index contributed by atoms with van der Waals surface area (Å²) >= 11 is 5.97. The third kappa shape index (κ3) is 2.63. The minimum absolute atomic E-state index is 0.0934. The summed E-state index contributed by atoms with van der Waals surface area (Å²) in [4.78, 5) is 0. The highest BCUT2D eigenvalue weighted by Gasteiger charge is 2.16. The van der Waals surface area contributed by atoms with Crippen molar-refractivity contribution in [1.29, 1.82) is 0 Å². The molecule has 92 valence electrons. The minimum atomic E-state index is -0.356. The van der Waals surface area contributed by atoms with Crippen LogP contribution in [-0.2, 0) is 0 Å². The summed E-state index contributed by atoms with van der Waals surface area (Å²) in [5.74, 6) is 0.0672. The molecule has 1 aromatic rings. The van der Waals surface area contributed by atoms with Crippen LogP contribution >= 0.6 is 11.6 Å². The first-order chi connectivity index (χ1) is 8.24. The summed E-state index contributed by atoms with van der Waals surface area (Å²) in [6.07, 6.45) is 6.38. The summed E-state index contributed by atoms with van der Waals surface area (Å²) in [5.41, 5.74) is 1.69. The molecule has 0 aliphatic heterocycles. The molecule has 0 N–H and O–H groups in total. The maximum Gasteiger partial charge on any atom is 0.153 e. The molecule has 3 heteroatoms. The van der Waals surface area contributed by atoms with Gasteiger partial charge in [-0.15, -0.1) is 0 Å². The van der Waals surface area contributed by atoms with E-state index >= 15 is 0 Å². The number of benzene rings is 1. The van der Waals surface area contributed by atoms with Crippen LogP contribution < -0.4 is 4.74 Å². The molecule has 0 amide bonds. The van der Waals surface area contributed by atoms with Crippen LogP contribution in [-0.4, -0.2) is 6.61 Å². The predicted molar refractivity (Wildman–Crippen MR) is 69.0 cm³/mol. The van der Waals surface area contributed by atoms with Crippen LogP contribution in [0.3, 0.4) is 0 Å². The first-order valence-corrected chi connectivity index (χ1v) is 6.42. The van der Waals surface area contributed by atoms with Gasteiger partial charge in [0.2, 0.25) is 0 Å². The molecule has 1 nitrogen and oxygen atoms in total. The molecule has 0 unspecified atom stereocenters. The largest absolute Gasteiger partial charge is 0.492 e. The minimum Gasteiger partial charge on any atom is -0.492 e. The van der Waals surface area contributed by atoms with Crippen molar-refractivity contribution < 1.29 is 9.13 Å². The number of rotatable bonds is 3. The van der Waals surface area contributed by atoms with E-state index in [4.69, 9.17) is 16.3 Å². The van der Waals surface area contributed by atoms with Gasteiger partial charge in [-0.2, -0.15) is 0 Å². The van der Waals surface area contributed by atoms with E-state index in [1.807, 2.05) is 6.92 Å². The first-order valence-electron chi connectivity index (χ1n) is 6.04. The van der Waals surface area contributed by atoms with Crippen molar-refractivity contribution in [3.05, 3.63) is 34.6 Å². The van der Waals surface area contributed by atoms with Gasteiger partial charge in [0.25, 0.3) is 0 Å². The van der Waals surface area contributed by atoms with E-state index in [2.05, 4.69) is 6.08 Å². The summed E-state index contributed by atoms with van der Waals surface area (Å²) in [5, 5.41) is 0.0934. The fraction of sp³-hybridized carbons (Fsp3) is 0.429. The maximum atomic E-state index is 14.1. The average molecular weight is 255 g/mol. The number of hydrogen-bond acceptors (Lipinski definition) is 1. The highest BCUT2D eigenvalue weighted by Crippen LogP contribution is 2.35. The molecule has 0 atom stereocenters. The molecule has 0 spiro atoms. The average Bonchev–Trinajstić information content (AvgIpc) is 2.36. The van der Waals surface area contributed by atoms with Crippen LogP contribution in [0, 0.1) is 5.82 Å². The molecular weight excluding hydrogens is 239 g/mol. The normalized spacial score (nSPS) is 15.6. The lowest BCUT2D eigenvalue weighted by atomic mass is 9.93. The van der Waals surface area contributed by atoms with Gasteiger partial charge in [-0.25, -0.2) is 4.39 Å². The first kappa shape index (κ1) is 12.4. The SMILES string of the molecule is CCOc1ccc(C2=CCCCC2)c(F)c1Cl. The molecule has 1 aliphatic carbocycles.